The first-order valence-corrected chi connectivity index (χ1v) is 10.2. The van der Waals surface area contributed by atoms with E-state index in [-0.39, 0.29) is 11.3 Å². The average Bonchev–Trinajstić information content (AvgIpc) is 2.65. The number of nitrogens with one attached hydrogen (secondary N) is 1. The Hall–Kier alpha value is -2.36. The van der Waals surface area contributed by atoms with Gasteiger partial charge in [-0.05, 0) is 38.3 Å². The van der Waals surface area contributed by atoms with Crippen molar-refractivity contribution in [3.05, 3.63) is 63.6 Å². The standard InChI is InChI=1S/C23H32N2O2/c1-4-6-9-15-20-22(23(27)24-19-13-10-8-11-14-19)21(26)17-18(3)25(20)16-12-7-5-2/h8,10-11,13-14,17H,4-7,9,12,15-16H2,1-3H3,(H,24,27). The molecule has 0 radical (unpaired) electrons. The fraction of sp³-hybridized carbons (Fsp3) is 0.478. The van der Waals surface area contributed by atoms with Crippen LogP contribution in [0.1, 0.15) is 74.1 Å². The van der Waals surface area contributed by atoms with Crippen LogP contribution in [-0.4, -0.2) is 10.5 Å². The molecular weight excluding hydrogens is 336 g/mol. The van der Waals surface area contributed by atoms with Crippen LogP contribution in [0.3, 0.4) is 0 Å². The van der Waals surface area contributed by atoms with Gasteiger partial charge in [0.05, 0.1) is 0 Å². The van der Waals surface area contributed by atoms with Gasteiger partial charge in [0.25, 0.3) is 5.91 Å². The summed E-state index contributed by atoms with van der Waals surface area (Å²) in [6.07, 6.45) is 7.29. The number of para-hydroxylation sites is 1. The largest absolute Gasteiger partial charge is 0.348 e. The lowest BCUT2D eigenvalue weighted by atomic mass is 10.0. The summed E-state index contributed by atoms with van der Waals surface area (Å²) in [5.74, 6) is -0.304. The molecule has 0 aliphatic heterocycles. The summed E-state index contributed by atoms with van der Waals surface area (Å²) in [6, 6.07) is 10.9. The highest BCUT2D eigenvalue weighted by atomic mass is 16.2. The Morgan fingerprint density at radius 2 is 1.67 bits per heavy atom. The SMILES string of the molecule is CCCCCc1c(C(=O)Nc2ccccc2)c(=O)cc(C)n1CCCCC. The fourth-order valence-electron chi connectivity index (χ4n) is 3.42. The summed E-state index contributed by atoms with van der Waals surface area (Å²) >= 11 is 0. The number of pyridine rings is 1. The van der Waals surface area contributed by atoms with Crippen molar-refractivity contribution in [1.82, 2.24) is 4.57 Å². The topological polar surface area (TPSA) is 51.1 Å². The van der Waals surface area contributed by atoms with Crippen LogP contribution >= 0.6 is 0 Å². The molecule has 0 spiro atoms. The Balaban J connectivity index is 2.41. The van der Waals surface area contributed by atoms with Crippen LogP contribution < -0.4 is 10.7 Å². The number of nitrogens with zero attached hydrogens (tertiary/aromatic N) is 1. The summed E-state index contributed by atoms with van der Waals surface area (Å²) < 4.78 is 2.19. The molecule has 0 bridgehead atoms. The second-order valence-corrected chi connectivity index (χ2v) is 7.11. The van der Waals surface area contributed by atoms with Gasteiger partial charge in [0, 0.05) is 29.7 Å². The molecule has 27 heavy (non-hydrogen) atoms. The lowest BCUT2D eigenvalue weighted by molar-refractivity contribution is 0.102. The molecule has 0 fully saturated rings. The third kappa shape index (κ3) is 5.81. The molecule has 0 aliphatic carbocycles. The molecule has 2 aromatic rings. The van der Waals surface area contributed by atoms with Crippen LogP contribution in [0.25, 0.3) is 0 Å². The maximum Gasteiger partial charge on any atom is 0.261 e. The van der Waals surface area contributed by atoms with Gasteiger partial charge in [0.2, 0.25) is 0 Å². The molecule has 1 aromatic heterocycles. The minimum absolute atomic E-state index is 0.181. The Morgan fingerprint density at radius 3 is 2.33 bits per heavy atom. The molecule has 0 unspecified atom stereocenters. The summed E-state index contributed by atoms with van der Waals surface area (Å²) in [4.78, 5) is 25.7. The van der Waals surface area contributed by atoms with Crippen LogP contribution in [0.15, 0.2) is 41.2 Å². The predicted octanol–water partition coefficient (Wildman–Crippen LogP) is 5.33. The van der Waals surface area contributed by atoms with Crippen molar-refractivity contribution in [1.29, 1.82) is 0 Å². The van der Waals surface area contributed by atoms with Gasteiger partial charge in [-0.2, -0.15) is 0 Å². The maximum atomic E-state index is 13.0. The first-order chi connectivity index (χ1) is 13.1. The number of amides is 1. The van der Waals surface area contributed by atoms with Crippen LogP contribution in [0.4, 0.5) is 5.69 Å². The fourth-order valence-corrected chi connectivity index (χ4v) is 3.42. The molecule has 4 nitrogen and oxygen atoms in total. The molecule has 2 rings (SSSR count). The lowest BCUT2D eigenvalue weighted by Crippen LogP contribution is -2.28. The van der Waals surface area contributed by atoms with E-state index in [9.17, 15) is 9.59 Å². The second kappa shape index (κ2) is 10.7. The van der Waals surface area contributed by atoms with Crippen molar-refractivity contribution in [2.24, 2.45) is 0 Å². The monoisotopic (exact) mass is 368 g/mol. The number of anilines is 1. The molecule has 0 atom stereocenters. The van der Waals surface area contributed by atoms with Crippen molar-refractivity contribution >= 4 is 11.6 Å². The zero-order valence-corrected chi connectivity index (χ0v) is 16.9. The average molecular weight is 369 g/mol. The van der Waals surface area contributed by atoms with Crippen molar-refractivity contribution in [3.8, 4) is 0 Å². The summed E-state index contributed by atoms with van der Waals surface area (Å²) in [5, 5.41) is 2.89. The minimum atomic E-state index is -0.304. The Bertz CT molecular complexity index is 794. The number of carbonyl (C=O) groups is 1. The van der Waals surface area contributed by atoms with E-state index in [1.54, 1.807) is 6.07 Å². The number of aryl methyl sites for hydroxylation is 1. The van der Waals surface area contributed by atoms with Crippen molar-refractivity contribution in [2.75, 3.05) is 5.32 Å². The third-order valence-corrected chi connectivity index (χ3v) is 4.89. The van der Waals surface area contributed by atoms with E-state index in [0.717, 1.165) is 62.9 Å². The predicted molar refractivity (Wildman–Crippen MR) is 113 cm³/mol. The normalized spacial score (nSPS) is 10.8. The highest BCUT2D eigenvalue weighted by Crippen LogP contribution is 2.17. The van der Waals surface area contributed by atoms with Gasteiger partial charge in [0.1, 0.15) is 5.56 Å². The maximum absolute atomic E-state index is 13.0. The van der Waals surface area contributed by atoms with Gasteiger partial charge in [0.15, 0.2) is 5.43 Å². The molecule has 1 amide bonds. The van der Waals surface area contributed by atoms with Gasteiger partial charge in [-0.15, -0.1) is 0 Å². The molecule has 0 aliphatic rings. The summed E-state index contributed by atoms with van der Waals surface area (Å²) in [6.45, 7) is 7.16. The van der Waals surface area contributed by atoms with E-state index in [0.29, 0.717) is 11.3 Å². The van der Waals surface area contributed by atoms with Gasteiger partial charge < -0.3 is 9.88 Å². The highest BCUT2D eigenvalue weighted by molar-refractivity contribution is 6.05. The van der Waals surface area contributed by atoms with E-state index < -0.39 is 0 Å². The van der Waals surface area contributed by atoms with E-state index in [4.69, 9.17) is 0 Å². The number of unbranched alkanes of at least 4 members (excludes halogenated alkanes) is 4. The first kappa shape index (κ1) is 20.9. The number of rotatable bonds is 10. The van der Waals surface area contributed by atoms with Crippen molar-refractivity contribution < 1.29 is 4.79 Å². The second-order valence-electron chi connectivity index (χ2n) is 7.11. The van der Waals surface area contributed by atoms with Gasteiger partial charge in [-0.1, -0.05) is 57.7 Å². The first-order valence-electron chi connectivity index (χ1n) is 10.2. The third-order valence-electron chi connectivity index (χ3n) is 4.89. The molecule has 1 N–H and O–H groups in total. The number of benzene rings is 1. The molecule has 1 heterocycles. The number of aromatic nitrogens is 1. The smallest absolute Gasteiger partial charge is 0.261 e. The molecular formula is C23H32N2O2. The molecule has 0 saturated carbocycles. The number of carbonyl (C=O) groups excluding carboxylic acids is 1. The minimum Gasteiger partial charge on any atom is -0.348 e. The Labute approximate surface area is 162 Å². The van der Waals surface area contributed by atoms with Crippen LogP contribution in [0.5, 0.6) is 0 Å². The van der Waals surface area contributed by atoms with E-state index >= 15 is 0 Å². The van der Waals surface area contributed by atoms with E-state index in [1.807, 2.05) is 37.3 Å². The molecule has 0 saturated heterocycles. The molecule has 146 valence electrons. The van der Waals surface area contributed by atoms with Crippen molar-refractivity contribution in [3.63, 3.8) is 0 Å². The van der Waals surface area contributed by atoms with Crippen molar-refractivity contribution in [2.45, 2.75) is 72.3 Å². The summed E-state index contributed by atoms with van der Waals surface area (Å²) in [5.41, 5.74) is 2.66. The zero-order valence-electron chi connectivity index (χ0n) is 16.9. The van der Waals surface area contributed by atoms with Crippen LogP contribution in [0, 0.1) is 6.92 Å². The molecule has 1 aromatic carbocycles. The van der Waals surface area contributed by atoms with Gasteiger partial charge in [-0.25, -0.2) is 0 Å². The number of hydrogen-bond donors (Lipinski definition) is 1. The van der Waals surface area contributed by atoms with Gasteiger partial charge >= 0.3 is 0 Å². The van der Waals surface area contributed by atoms with Crippen LogP contribution in [-0.2, 0) is 13.0 Å². The highest BCUT2D eigenvalue weighted by Gasteiger charge is 2.20. The lowest BCUT2D eigenvalue weighted by Gasteiger charge is -2.20. The van der Waals surface area contributed by atoms with E-state index in [1.165, 1.54) is 0 Å². The molecule has 4 heteroatoms. The quantitative estimate of drug-likeness (QED) is 0.576. The van der Waals surface area contributed by atoms with E-state index in [2.05, 4.69) is 23.7 Å². The Kier molecular flexibility index (Phi) is 8.31. The van der Waals surface area contributed by atoms with Crippen LogP contribution in [0.2, 0.25) is 0 Å². The van der Waals surface area contributed by atoms with Gasteiger partial charge in [-0.3, -0.25) is 9.59 Å². The zero-order chi connectivity index (χ0) is 19.6. The summed E-state index contributed by atoms with van der Waals surface area (Å²) in [7, 11) is 0. The Morgan fingerprint density at radius 1 is 1.00 bits per heavy atom. The number of hydrogen-bond acceptors (Lipinski definition) is 2.